The van der Waals surface area contributed by atoms with Gasteiger partial charge in [0.15, 0.2) is 0 Å². The van der Waals surface area contributed by atoms with Gasteiger partial charge in [0.05, 0.1) is 4.88 Å². The van der Waals surface area contributed by atoms with Crippen molar-refractivity contribution >= 4 is 33.2 Å². The summed E-state index contributed by atoms with van der Waals surface area (Å²) in [5.41, 5.74) is 1.86. The van der Waals surface area contributed by atoms with E-state index in [0.29, 0.717) is 18.5 Å². The van der Waals surface area contributed by atoms with Crippen molar-refractivity contribution in [3.8, 4) is 0 Å². The number of amides is 2. The van der Waals surface area contributed by atoms with Crippen molar-refractivity contribution in [1.29, 1.82) is 0 Å². The average Bonchev–Trinajstić information content (AvgIpc) is 3.29. The smallest absolute Gasteiger partial charge is 0.261 e. The van der Waals surface area contributed by atoms with E-state index >= 15 is 0 Å². The molecule has 130 valence electrons. The number of carbonyl (C=O) groups excluding carboxylic acids is 2. The van der Waals surface area contributed by atoms with Crippen LogP contribution in [0.15, 0.2) is 18.2 Å². The normalized spacial score (nSPS) is 26.0. The summed E-state index contributed by atoms with van der Waals surface area (Å²) in [6.07, 6.45) is 2.04. The van der Waals surface area contributed by atoms with Gasteiger partial charge in [0.25, 0.3) is 11.8 Å². The maximum absolute atomic E-state index is 13.0. The third-order valence-corrected chi connectivity index (χ3v) is 7.23. The topological polar surface area (TPSA) is 52.6 Å². The fourth-order valence-corrected chi connectivity index (χ4v) is 5.76. The number of likely N-dealkylation sites (tertiary alicyclic amines) is 2. The molecule has 4 heterocycles. The maximum Gasteiger partial charge on any atom is 0.261 e. The van der Waals surface area contributed by atoms with Crippen LogP contribution in [0, 0.1) is 5.92 Å². The van der Waals surface area contributed by atoms with Crippen molar-refractivity contribution in [2.75, 3.05) is 33.2 Å². The second-order valence-corrected chi connectivity index (χ2v) is 8.49. The first-order chi connectivity index (χ1) is 12.1. The van der Waals surface area contributed by atoms with Crippen LogP contribution in [0.25, 0.3) is 10.1 Å². The maximum atomic E-state index is 13.0. The summed E-state index contributed by atoms with van der Waals surface area (Å²) >= 11 is 1.53. The van der Waals surface area contributed by atoms with Gasteiger partial charge in [0.1, 0.15) is 0 Å². The van der Waals surface area contributed by atoms with Crippen molar-refractivity contribution in [2.24, 2.45) is 5.92 Å². The van der Waals surface area contributed by atoms with E-state index in [1.165, 1.54) is 17.8 Å². The lowest BCUT2D eigenvalue weighted by atomic mass is 10.0. The Bertz CT molecular complexity index is 890. The minimum absolute atomic E-state index is 0.0192. The second kappa shape index (κ2) is 5.54. The molecule has 2 atom stereocenters. The summed E-state index contributed by atoms with van der Waals surface area (Å²) in [5.74, 6) is 0.769. The Balaban J connectivity index is 1.47. The molecule has 3 aliphatic rings. The van der Waals surface area contributed by atoms with Crippen LogP contribution in [-0.4, -0.2) is 60.9 Å². The molecule has 0 radical (unpaired) electrons. The highest BCUT2D eigenvalue weighted by atomic mass is 32.1. The fraction of sp³-hybridized carbons (Fsp3) is 0.474. The molecule has 2 fully saturated rings. The third kappa shape index (κ3) is 2.31. The van der Waals surface area contributed by atoms with Crippen molar-refractivity contribution in [3.05, 3.63) is 34.2 Å². The SMILES string of the molecule is CN1CC[C@H]2CN(C(=O)c3ccc4sc5c(c4c3)CCNC5=O)C[C@H]21. The predicted octanol–water partition coefficient (Wildman–Crippen LogP) is 1.96. The van der Waals surface area contributed by atoms with E-state index in [0.717, 1.165) is 52.1 Å². The molecule has 0 aliphatic carbocycles. The molecule has 3 aliphatic heterocycles. The molecule has 0 unspecified atom stereocenters. The molecule has 0 saturated carbocycles. The molecule has 6 heteroatoms. The van der Waals surface area contributed by atoms with E-state index in [1.807, 2.05) is 23.1 Å². The summed E-state index contributed by atoms with van der Waals surface area (Å²) < 4.78 is 1.09. The van der Waals surface area contributed by atoms with Crippen LogP contribution in [0.5, 0.6) is 0 Å². The van der Waals surface area contributed by atoms with Crippen LogP contribution in [0.3, 0.4) is 0 Å². The standard InChI is InChI=1S/C19H21N3O2S/c1-21-7-5-12-9-22(10-15(12)21)19(24)11-2-3-16-14(8-11)13-4-6-20-18(23)17(13)25-16/h2-3,8,12,15H,4-7,9-10H2,1H3,(H,20,23)/t12-,15+/m0/s1. The van der Waals surface area contributed by atoms with Gasteiger partial charge in [0, 0.05) is 35.9 Å². The minimum atomic E-state index is 0.0192. The number of likely N-dealkylation sites (N-methyl/N-ethyl adjacent to an activating group) is 1. The Morgan fingerprint density at radius 3 is 3.04 bits per heavy atom. The Morgan fingerprint density at radius 1 is 1.32 bits per heavy atom. The lowest BCUT2D eigenvalue weighted by Crippen LogP contribution is -2.35. The molecule has 1 aromatic heterocycles. The van der Waals surface area contributed by atoms with Gasteiger partial charge < -0.3 is 15.1 Å². The average molecular weight is 355 g/mol. The number of benzene rings is 1. The van der Waals surface area contributed by atoms with Gasteiger partial charge in [-0.25, -0.2) is 0 Å². The highest BCUT2D eigenvalue weighted by molar-refractivity contribution is 7.21. The van der Waals surface area contributed by atoms with E-state index in [2.05, 4.69) is 17.3 Å². The van der Waals surface area contributed by atoms with Crippen molar-refractivity contribution in [2.45, 2.75) is 18.9 Å². The van der Waals surface area contributed by atoms with E-state index < -0.39 is 0 Å². The molecule has 1 aromatic carbocycles. The number of hydrogen-bond acceptors (Lipinski definition) is 4. The first kappa shape index (κ1) is 15.3. The predicted molar refractivity (Wildman–Crippen MR) is 98.3 cm³/mol. The lowest BCUT2D eigenvalue weighted by molar-refractivity contribution is 0.0774. The Labute approximate surface area is 150 Å². The van der Waals surface area contributed by atoms with Crippen molar-refractivity contribution in [1.82, 2.24) is 15.1 Å². The zero-order valence-corrected chi connectivity index (χ0v) is 15.1. The molecule has 2 saturated heterocycles. The van der Waals surface area contributed by atoms with Crippen LogP contribution in [0.1, 0.15) is 32.0 Å². The molecule has 0 bridgehead atoms. The molecule has 5 nitrogen and oxygen atoms in total. The summed E-state index contributed by atoms with van der Waals surface area (Å²) in [7, 11) is 2.16. The summed E-state index contributed by atoms with van der Waals surface area (Å²) in [6, 6.07) is 6.44. The third-order valence-electron chi connectivity index (χ3n) is 6.02. The number of carbonyl (C=O) groups is 2. The zero-order valence-electron chi connectivity index (χ0n) is 14.2. The number of hydrogen-bond donors (Lipinski definition) is 1. The van der Waals surface area contributed by atoms with E-state index in [4.69, 9.17) is 0 Å². The Kier molecular flexibility index (Phi) is 3.40. The number of rotatable bonds is 1. The number of nitrogens with zero attached hydrogens (tertiary/aromatic N) is 2. The number of thiophene rings is 1. The number of fused-ring (bicyclic) bond motifs is 4. The molecular formula is C19H21N3O2S. The lowest BCUT2D eigenvalue weighted by Gasteiger charge is -2.21. The Hall–Kier alpha value is -1.92. The molecule has 2 amide bonds. The van der Waals surface area contributed by atoms with E-state index in [-0.39, 0.29) is 11.8 Å². The highest BCUT2D eigenvalue weighted by Crippen LogP contribution is 2.35. The summed E-state index contributed by atoms with van der Waals surface area (Å²) in [6.45, 7) is 3.53. The first-order valence-corrected chi connectivity index (χ1v) is 9.76. The quantitative estimate of drug-likeness (QED) is 0.851. The van der Waals surface area contributed by atoms with E-state index in [9.17, 15) is 9.59 Å². The first-order valence-electron chi connectivity index (χ1n) is 8.95. The van der Waals surface area contributed by atoms with Gasteiger partial charge >= 0.3 is 0 Å². The highest BCUT2D eigenvalue weighted by Gasteiger charge is 2.41. The van der Waals surface area contributed by atoms with Gasteiger partial charge in [-0.15, -0.1) is 11.3 Å². The van der Waals surface area contributed by atoms with Gasteiger partial charge in [-0.1, -0.05) is 0 Å². The van der Waals surface area contributed by atoms with Crippen molar-refractivity contribution in [3.63, 3.8) is 0 Å². The molecule has 5 rings (SSSR count). The number of nitrogens with one attached hydrogen (secondary N) is 1. The Morgan fingerprint density at radius 2 is 2.20 bits per heavy atom. The van der Waals surface area contributed by atoms with Crippen LogP contribution in [0.4, 0.5) is 0 Å². The second-order valence-electron chi connectivity index (χ2n) is 7.43. The molecule has 0 spiro atoms. The van der Waals surface area contributed by atoms with Crippen LogP contribution >= 0.6 is 11.3 Å². The summed E-state index contributed by atoms with van der Waals surface area (Å²) in [5, 5.41) is 3.98. The molecule has 1 N–H and O–H groups in total. The van der Waals surface area contributed by atoms with Gasteiger partial charge in [0.2, 0.25) is 0 Å². The van der Waals surface area contributed by atoms with Crippen LogP contribution in [0.2, 0.25) is 0 Å². The molecular weight excluding hydrogens is 334 g/mol. The zero-order chi connectivity index (χ0) is 17.1. The van der Waals surface area contributed by atoms with Crippen LogP contribution < -0.4 is 5.32 Å². The minimum Gasteiger partial charge on any atom is -0.351 e. The summed E-state index contributed by atoms with van der Waals surface area (Å²) in [4.78, 5) is 30.3. The van der Waals surface area contributed by atoms with Gasteiger partial charge in [-0.05, 0) is 61.5 Å². The van der Waals surface area contributed by atoms with Crippen molar-refractivity contribution < 1.29 is 9.59 Å². The monoisotopic (exact) mass is 355 g/mol. The van der Waals surface area contributed by atoms with Gasteiger partial charge in [-0.2, -0.15) is 0 Å². The van der Waals surface area contributed by atoms with Crippen LogP contribution in [-0.2, 0) is 6.42 Å². The fourth-order valence-electron chi connectivity index (χ4n) is 4.62. The van der Waals surface area contributed by atoms with Gasteiger partial charge in [-0.3, -0.25) is 9.59 Å². The largest absolute Gasteiger partial charge is 0.351 e. The molecule has 25 heavy (non-hydrogen) atoms. The van der Waals surface area contributed by atoms with E-state index in [1.54, 1.807) is 0 Å². The molecule has 2 aromatic rings.